The molecule has 172 valence electrons. The number of rotatable bonds is 8. The van der Waals surface area contributed by atoms with Crippen LogP contribution in [-0.4, -0.2) is 43.6 Å². The summed E-state index contributed by atoms with van der Waals surface area (Å²) >= 11 is 0. The summed E-state index contributed by atoms with van der Waals surface area (Å²) in [5.74, 6) is -0.891. The summed E-state index contributed by atoms with van der Waals surface area (Å²) in [5.41, 5.74) is -1.02. The summed E-state index contributed by atoms with van der Waals surface area (Å²) in [6.07, 6.45) is 1.58. The van der Waals surface area contributed by atoms with Gasteiger partial charge >= 0.3 is 0 Å². The van der Waals surface area contributed by atoms with Crippen molar-refractivity contribution in [2.24, 2.45) is 0 Å². The SMILES string of the molecule is C=C[C@@H](O)[C@@H]1OC(C)(C)O[C@]1(C=C)CO[Si](c1ccccc1)(c1ccccc1)C(C)(C)C. The normalized spacial score (nSPS) is 24.1. The molecule has 2 aromatic carbocycles. The quantitative estimate of drug-likeness (QED) is 0.482. The van der Waals surface area contributed by atoms with Gasteiger partial charge in [0, 0.05) is 0 Å². The third-order valence-corrected chi connectivity index (χ3v) is 11.1. The molecule has 0 saturated carbocycles. The van der Waals surface area contributed by atoms with Crippen LogP contribution in [0.1, 0.15) is 34.6 Å². The molecule has 0 aliphatic carbocycles. The van der Waals surface area contributed by atoms with Gasteiger partial charge in [0.2, 0.25) is 0 Å². The Bertz CT molecular complexity index is 880. The van der Waals surface area contributed by atoms with E-state index in [0.29, 0.717) is 0 Å². The molecule has 1 aliphatic rings. The summed E-state index contributed by atoms with van der Waals surface area (Å²) < 4.78 is 19.5. The molecule has 3 atom stereocenters. The highest BCUT2D eigenvalue weighted by atomic mass is 28.4. The van der Waals surface area contributed by atoms with Crippen molar-refractivity contribution in [1.29, 1.82) is 0 Å². The van der Waals surface area contributed by atoms with Gasteiger partial charge in [-0.25, -0.2) is 0 Å². The smallest absolute Gasteiger partial charge is 0.261 e. The zero-order valence-electron chi connectivity index (χ0n) is 19.9. The molecule has 2 aromatic rings. The lowest BCUT2D eigenvalue weighted by Crippen LogP contribution is -2.68. The van der Waals surface area contributed by atoms with E-state index in [1.54, 1.807) is 6.08 Å². The van der Waals surface area contributed by atoms with E-state index in [4.69, 9.17) is 13.9 Å². The van der Waals surface area contributed by atoms with Crippen LogP contribution in [0.3, 0.4) is 0 Å². The number of hydrogen-bond acceptors (Lipinski definition) is 4. The average molecular weight is 453 g/mol. The predicted octanol–water partition coefficient (Wildman–Crippen LogP) is 4.19. The van der Waals surface area contributed by atoms with Crippen LogP contribution in [0, 0.1) is 0 Å². The molecule has 0 bridgehead atoms. The summed E-state index contributed by atoms with van der Waals surface area (Å²) in [4.78, 5) is 0. The molecule has 0 radical (unpaired) electrons. The van der Waals surface area contributed by atoms with E-state index in [1.807, 2.05) is 26.0 Å². The Balaban J connectivity index is 2.13. The fourth-order valence-electron chi connectivity index (χ4n) is 4.74. The van der Waals surface area contributed by atoms with Crippen LogP contribution in [-0.2, 0) is 13.9 Å². The summed E-state index contributed by atoms with van der Waals surface area (Å²) in [6, 6.07) is 20.9. The third kappa shape index (κ3) is 4.41. The van der Waals surface area contributed by atoms with E-state index in [2.05, 4.69) is 82.5 Å². The van der Waals surface area contributed by atoms with E-state index in [-0.39, 0.29) is 11.6 Å². The van der Waals surface area contributed by atoms with Crippen molar-refractivity contribution in [3.63, 3.8) is 0 Å². The molecule has 0 aromatic heterocycles. The van der Waals surface area contributed by atoms with Gasteiger partial charge in [0.1, 0.15) is 17.8 Å². The van der Waals surface area contributed by atoms with Crippen LogP contribution in [0.2, 0.25) is 5.04 Å². The van der Waals surface area contributed by atoms with Crippen LogP contribution in [0.25, 0.3) is 0 Å². The van der Waals surface area contributed by atoms with Crippen molar-refractivity contribution < 1.29 is 19.0 Å². The van der Waals surface area contributed by atoms with E-state index < -0.39 is 31.9 Å². The zero-order valence-corrected chi connectivity index (χ0v) is 20.9. The van der Waals surface area contributed by atoms with Crippen molar-refractivity contribution in [3.05, 3.63) is 86.0 Å². The largest absolute Gasteiger partial charge is 0.404 e. The standard InChI is InChI=1S/C27H36O4Si/c1-8-23(28)24-27(9-2,31-26(6,7)30-24)20-29-32(25(3,4)5,21-16-12-10-13-17-21)22-18-14-11-15-19-22/h8-19,23-24,28H,1-2,20H2,3-7H3/t23-,24+,27-/m1/s1. The highest BCUT2D eigenvalue weighted by Gasteiger charge is 2.57. The Morgan fingerprint density at radius 2 is 1.53 bits per heavy atom. The van der Waals surface area contributed by atoms with Gasteiger partial charge in [-0.3, -0.25) is 0 Å². The number of ether oxygens (including phenoxy) is 2. The Morgan fingerprint density at radius 3 is 1.94 bits per heavy atom. The topological polar surface area (TPSA) is 47.9 Å². The van der Waals surface area contributed by atoms with E-state index in [1.165, 1.54) is 16.4 Å². The first kappa shape index (κ1) is 24.6. The number of aliphatic hydroxyl groups is 1. The summed E-state index contributed by atoms with van der Waals surface area (Å²) in [7, 11) is -2.79. The van der Waals surface area contributed by atoms with Crippen LogP contribution >= 0.6 is 0 Å². The zero-order chi connectivity index (χ0) is 23.6. The molecule has 1 fully saturated rings. The second-order valence-corrected chi connectivity index (χ2v) is 14.2. The molecule has 5 heteroatoms. The van der Waals surface area contributed by atoms with Gasteiger partial charge in [-0.1, -0.05) is 93.6 Å². The van der Waals surface area contributed by atoms with Crippen LogP contribution in [0.15, 0.2) is 86.0 Å². The minimum atomic E-state index is -2.79. The Hall–Kier alpha value is -2.02. The second-order valence-electron chi connectivity index (χ2n) is 9.88. The molecule has 0 unspecified atom stereocenters. The van der Waals surface area contributed by atoms with Gasteiger partial charge in [-0.05, 0) is 29.3 Å². The Labute approximate surface area is 193 Å². The van der Waals surface area contributed by atoms with Crippen LogP contribution in [0.5, 0.6) is 0 Å². The maximum Gasteiger partial charge on any atom is 0.261 e. The highest BCUT2D eigenvalue weighted by molar-refractivity contribution is 6.99. The number of aliphatic hydroxyl groups excluding tert-OH is 1. The molecule has 1 saturated heterocycles. The van der Waals surface area contributed by atoms with E-state index in [9.17, 15) is 5.11 Å². The first-order valence-electron chi connectivity index (χ1n) is 11.1. The van der Waals surface area contributed by atoms with Crippen molar-refractivity contribution in [2.45, 2.75) is 63.3 Å². The minimum absolute atomic E-state index is 0.181. The molecule has 1 N–H and O–H groups in total. The maximum atomic E-state index is 10.7. The lowest BCUT2D eigenvalue weighted by atomic mass is 9.93. The first-order chi connectivity index (χ1) is 15.0. The fourth-order valence-corrected chi connectivity index (χ4v) is 9.34. The lowest BCUT2D eigenvalue weighted by molar-refractivity contribution is -0.162. The number of benzene rings is 2. The Kier molecular flexibility index (Phi) is 6.99. The molecule has 0 spiro atoms. The monoisotopic (exact) mass is 452 g/mol. The van der Waals surface area contributed by atoms with E-state index in [0.717, 1.165) is 0 Å². The second kappa shape index (κ2) is 9.08. The molecular formula is C27H36O4Si. The lowest BCUT2D eigenvalue weighted by Gasteiger charge is -2.45. The highest BCUT2D eigenvalue weighted by Crippen LogP contribution is 2.42. The van der Waals surface area contributed by atoms with Gasteiger partial charge < -0.3 is 19.0 Å². The van der Waals surface area contributed by atoms with Gasteiger partial charge in [0.25, 0.3) is 8.32 Å². The van der Waals surface area contributed by atoms with Crippen molar-refractivity contribution >= 4 is 18.7 Å². The third-order valence-electron chi connectivity index (χ3n) is 6.16. The van der Waals surface area contributed by atoms with Crippen LogP contribution < -0.4 is 10.4 Å². The molecule has 32 heavy (non-hydrogen) atoms. The molecular weight excluding hydrogens is 416 g/mol. The van der Waals surface area contributed by atoms with Gasteiger partial charge in [0.05, 0.1) is 6.61 Å². The molecule has 1 aliphatic heterocycles. The van der Waals surface area contributed by atoms with Crippen molar-refractivity contribution in [2.75, 3.05) is 6.61 Å². The van der Waals surface area contributed by atoms with E-state index >= 15 is 0 Å². The molecule has 4 nitrogen and oxygen atoms in total. The maximum absolute atomic E-state index is 10.7. The summed E-state index contributed by atoms with van der Waals surface area (Å²) in [6.45, 7) is 18.3. The van der Waals surface area contributed by atoms with Crippen molar-refractivity contribution in [3.8, 4) is 0 Å². The molecule has 3 rings (SSSR count). The van der Waals surface area contributed by atoms with Crippen LogP contribution in [0.4, 0.5) is 0 Å². The average Bonchev–Trinajstić information content (AvgIpc) is 3.05. The van der Waals surface area contributed by atoms with Gasteiger partial charge in [-0.2, -0.15) is 0 Å². The molecule has 1 heterocycles. The summed E-state index contributed by atoms with van der Waals surface area (Å²) in [5, 5.41) is 12.8. The Morgan fingerprint density at radius 1 is 1.03 bits per heavy atom. The molecule has 0 amide bonds. The fraction of sp³-hybridized carbons (Fsp3) is 0.407. The van der Waals surface area contributed by atoms with Crippen molar-refractivity contribution in [1.82, 2.24) is 0 Å². The first-order valence-corrected chi connectivity index (χ1v) is 13.0. The van der Waals surface area contributed by atoms with Gasteiger partial charge in [-0.15, -0.1) is 13.2 Å². The van der Waals surface area contributed by atoms with Gasteiger partial charge in [0.15, 0.2) is 5.79 Å². The number of hydrogen-bond donors (Lipinski definition) is 1. The minimum Gasteiger partial charge on any atom is -0.404 e. The predicted molar refractivity (Wildman–Crippen MR) is 133 cm³/mol.